The normalized spacial score (nSPS) is 18.1. The lowest BCUT2D eigenvalue weighted by atomic mass is 10.1. The van der Waals surface area contributed by atoms with Gasteiger partial charge in [-0.05, 0) is 5.56 Å². The van der Waals surface area contributed by atoms with E-state index < -0.39 is 0 Å². The molecule has 15 heavy (non-hydrogen) atoms. The van der Waals surface area contributed by atoms with Gasteiger partial charge in [-0.25, -0.2) is 0 Å². The lowest BCUT2D eigenvalue weighted by Gasteiger charge is -2.32. The molecule has 1 heterocycles. The monoisotopic (exact) mass is 202 g/mol. The predicted molar refractivity (Wildman–Crippen MR) is 62.0 cm³/mol. The Hall–Kier alpha value is -1.29. The summed E-state index contributed by atoms with van der Waals surface area (Å²) in [4.78, 5) is 15.7. The van der Waals surface area contributed by atoms with Crippen LogP contribution in [0.4, 0.5) is 0 Å². The summed E-state index contributed by atoms with van der Waals surface area (Å²) < 4.78 is 0. The van der Waals surface area contributed by atoms with Gasteiger partial charge in [-0.2, -0.15) is 0 Å². The SMILES string of the molecule is BN1CCN(Cc2ccccc2)C(=O)C1. The molecule has 0 aromatic heterocycles. The highest BCUT2D eigenvalue weighted by molar-refractivity contribution is 6.06. The zero-order valence-electron chi connectivity index (χ0n) is 9.02. The molecule has 0 aliphatic carbocycles. The van der Waals surface area contributed by atoms with Crippen molar-refractivity contribution in [3.8, 4) is 0 Å². The van der Waals surface area contributed by atoms with Crippen molar-refractivity contribution >= 4 is 13.9 Å². The molecule has 0 radical (unpaired) electrons. The summed E-state index contributed by atoms with van der Waals surface area (Å²) in [6, 6.07) is 10.1. The first kappa shape index (κ1) is 10.2. The fraction of sp³-hybridized carbons (Fsp3) is 0.364. The molecule has 0 spiro atoms. The van der Waals surface area contributed by atoms with Crippen LogP contribution in [0.2, 0.25) is 0 Å². The van der Waals surface area contributed by atoms with Crippen LogP contribution in [0.5, 0.6) is 0 Å². The zero-order valence-corrected chi connectivity index (χ0v) is 9.02. The van der Waals surface area contributed by atoms with Gasteiger partial charge in [-0.15, -0.1) is 0 Å². The molecule has 1 aromatic carbocycles. The smallest absolute Gasteiger partial charge is 0.236 e. The molecule has 0 atom stereocenters. The molecule has 0 N–H and O–H groups in total. The number of carbonyl (C=O) groups is 1. The number of piperazine rings is 1. The van der Waals surface area contributed by atoms with Crippen LogP contribution in [0.15, 0.2) is 30.3 Å². The number of carbonyl (C=O) groups excluding carboxylic acids is 1. The Bertz CT molecular complexity index is 342. The maximum Gasteiger partial charge on any atom is 0.236 e. The van der Waals surface area contributed by atoms with E-state index in [2.05, 4.69) is 16.9 Å². The van der Waals surface area contributed by atoms with Crippen LogP contribution in [0.1, 0.15) is 5.56 Å². The Morgan fingerprint density at radius 2 is 1.93 bits per heavy atom. The quantitative estimate of drug-likeness (QED) is 0.624. The Kier molecular flexibility index (Phi) is 3.06. The Labute approximate surface area is 91.1 Å². The average Bonchev–Trinajstić information content (AvgIpc) is 2.24. The van der Waals surface area contributed by atoms with Gasteiger partial charge in [0.05, 0.1) is 6.54 Å². The van der Waals surface area contributed by atoms with Gasteiger partial charge in [-0.3, -0.25) is 4.79 Å². The summed E-state index contributed by atoms with van der Waals surface area (Å²) in [5.74, 6) is 0.229. The van der Waals surface area contributed by atoms with Crippen molar-refractivity contribution in [1.82, 2.24) is 9.71 Å². The summed E-state index contributed by atoms with van der Waals surface area (Å²) >= 11 is 0. The second kappa shape index (κ2) is 4.49. The molecule has 0 unspecified atom stereocenters. The van der Waals surface area contributed by atoms with Gasteiger partial charge >= 0.3 is 0 Å². The van der Waals surface area contributed by atoms with Crippen molar-refractivity contribution in [3.63, 3.8) is 0 Å². The van der Waals surface area contributed by atoms with Crippen LogP contribution >= 0.6 is 0 Å². The van der Waals surface area contributed by atoms with Crippen molar-refractivity contribution in [2.75, 3.05) is 19.6 Å². The maximum atomic E-state index is 11.7. The van der Waals surface area contributed by atoms with Crippen molar-refractivity contribution in [2.24, 2.45) is 0 Å². The van der Waals surface area contributed by atoms with Gasteiger partial charge in [0.25, 0.3) is 0 Å². The molecule has 3 nitrogen and oxygen atoms in total. The van der Waals surface area contributed by atoms with Crippen molar-refractivity contribution in [1.29, 1.82) is 0 Å². The first-order valence-corrected chi connectivity index (χ1v) is 5.26. The third-order valence-electron chi connectivity index (χ3n) is 2.73. The minimum atomic E-state index is 0.229. The van der Waals surface area contributed by atoms with E-state index in [1.165, 1.54) is 5.56 Å². The van der Waals surface area contributed by atoms with Crippen LogP contribution < -0.4 is 0 Å². The summed E-state index contributed by atoms with van der Waals surface area (Å²) in [5, 5.41) is 0. The largest absolute Gasteiger partial charge is 0.340 e. The van der Waals surface area contributed by atoms with Gasteiger partial charge in [0, 0.05) is 19.6 Å². The number of rotatable bonds is 2. The second-order valence-electron chi connectivity index (χ2n) is 4.04. The molecule has 1 aromatic rings. The van der Waals surface area contributed by atoms with Crippen LogP contribution in [-0.2, 0) is 11.3 Å². The highest BCUT2D eigenvalue weighted by atomic mass is 16.2. The molecule has 1 aliphatic rings. The molecule has 0 saturated carbocycles. The van der Waals surface area contributed by atoms with Crippen LogP contribution in [0, 0.1) is 0 Å². The van der Waals surface area contributed by atoms with E-state index in [1.807, 2.05) is 31.1 Å². The van der Waals surface area contributed by atoms with E-state index in [4.69, 9.17) is 0 Å². The van der Waals surface area contributed by atoms with Gasteiger partial charge in [-0.1, -0.05) is 30.3 Å². The van der Waals surface area contributed by atoms with Crippen LogP contribution in [0.25, 0.3) is 0 Å². The third kappa shape index (κ3) is 2.60. The minimum Gasteiger partial charge on any atom is -0.340 e. The minimum absolute atomic E-state index is 0.229. The van der Waals surface area contributed by atoms with Crippen molar-refractivity contribution in [2.45, 2.75) is 6.54 Å². The molecule has 1 saturated heterocycles. The predicted octanol–water partition coefficient (Wildman–Crippen LogP) is -0.121. The number of amides is 1. The number of nitrogens with zero attached hydrogens (tertiary/aromatic N) is 2. The molecular weight excluding hydrogens is 187 g/mol. The topological polar surface area (TPSA) is 23.6 Å². The number of hydrogen-bond donors (Lipinski definition) is 0. The van der Waals surface area contributed by atoms with Crippen LogP contribution in [0.3, 0.4) is 0 Å². The second-order valence-corrected chi connectivity index (χ2v) is 4.04. The molecule has 1 amide bonds. The first-order valence-electron chi connectivity index (χ1n) is 5.26. The van der Waals surface area contributed by atoms with Crippen molar-refractivity contribution in [3.05, 3.63) is 35.9 Å². The fourth-order valence-corrected chi connectivity index (χ4v) is 1.80. The fourth-order valence-electron chi connectivity index (χ4n) is 1.80. The van der Waals surface area contributed by atoms with E-state index in [0.29, 0.717) is 6.54 Å². The first-order chi connectivity index (χ1) is 7.25. The van der Waals surface area contributed by atoms with Gasteiger partial charge in [0.1, 0.15) is 0 Å². The van der Waals surface area contributed by atoms with E-state index in [9.17, 15) is 4.79 Å². The summed E-state index contributed by atoms with van der Waals surface area (Å²) in [7, 11) is 1.98. The molecule has 78 valence electrons. The zero-order chi connectivity index (χ0) is 10.7. The number of benzene rings is 1. The van der Waals surface area contributed by atoms with Crippen molar-refractivity contribution < 1.29 is 4.79 Å². The lowest BCUT2D eigenvalue weighted by molar-refractivity contribution is -0.134. The Balaban J connectivity index is 1.98. The standard InChI is InChI=1S/C11H15BN2O/c12-14-7-6-13(11(15)9-14)8-10-4-2-1-3-5-10/h1-5H,6-9,12H2. The molecular formula is C11H15BN2O. The average molecular weight is 202 g/mol. The Morgan fingerprint density at radius 3 is 2.60 bits per heavy atom. The molecule has 2 rings (SSSR count). The highest BCUT2D eigenvalue weighted by Gasteiger charge is 2.20. The molecule has 1 fully saturated rings. The van der Waals surface area contributed by atoms with Gasteiger partial charge in [0.2, 0.25) is 5.91 Å². The third-order valence-corrected chi connectivity index (χ3v) is 2.73. The maximum absolute atomic E-state index is 11.7. The number of hydrogen-bond acceptors (Lipinski definition) is 2. The summed E-state index contributed by atoms with van der Waals surface area (Å²) in [6.07, 6.45) is 0. The summed E-state index contributed by atoms with van der Waals surface area (Å²) in [5.41, 5.74) is 1.20. The van der Waals surface area contributed by atoms with E-state index in [-0.39, 0.29) is 5.91 Å². The van der Waals surface area contributed by atoms with E-state index in [0.717, 1.165) is 19.6 Å². The van der Waals surface area contributed by atoms with Crippen LogP contribution in [-0.4, -0.2) is 43.2 Å². The molecule has 0 bridgehead atoms. The Morgan fingerprint density at radius 1 is 1.20 bits per heavy atom. The lowest BCUT2D eigenvalue weighted by Crippen LogP contribution is -2.48. The summed E-state index contributed by atoms with van der Waals surface area (Å²) in [6.45, 7) is 3.10. The highest BCUT2D eigenvalue weighted by Crippen LogP contribution is 2.07. The molecule has 1 aliphatic heterocycles. The molecule has 4 heteroatoms. The van der Waals surface area contributed by atoms with Gasteiger partial charge in [0.15, 0.2) is 7.98 Å². The van der Waals surface area contributed by atoms with E-state index in [1.54, 1.807) is 0 Å². The van der Waals surface area contributed by atoms with E-state index >= 15 is 0 Å². The van der Waals surface area contributed by atoms with Gasteiger partial charge < -0.3 is 9.71 Å².